The maximum Gasteiger partial charge on any atom is 0.266 e. The van der Waals surface area contributed by atoms with E-state index >= 15 is 0 Å². The molecular formula is C20H19BrN2O3S. The van der Waals surface area contributed by atoms with Crippen LogP contribution in [0.1, 0.15) is 12.5 Å². The van der Waals surface area contributed by atoms with Gasteiger partial charge in [-0.15, -0.1) is 0 Å². The third kappa shape index (κ3) is 4.36. The Labute approximate surface area is 171 Å². The lowest BCUT2D eigenvalue weighted by Crippen LogP contribution is -2.28. The van der Waals surface area contributed by atoms with Crippen LogP contribution in [0.15, 0.2) is 56.8 Å². The monoisotopic (exact) mass is 446 g/mol. The van der Waals surface area contributed by atoms with Gasteiger partial charge in [0.25, 0.3) is 5.91 Å². The van der Waals surface area contributed by atoms with Gasteiger partial charge in [0, 0.05) is 16.6 Å². The average molecular weight is 447 g/mol. The van der Waals surface area contributed by atoms with Gasteiger partial charge in [-0.3, -0.25) is 9.69 Å². The molecule has 27 heavy (non-hydrogen) atoms. The molecule has 0 unspecified atom stereocenters. The first kappa shape index (κ1) is 19.5. The second-order valence-electron chi connectivity index (χ2n) is 5.64. The number of amides is 1. The summed E-state index contributed by atoms with van der Waals surface area (Å²) >= 11 is 4.82. The Balaban J connectivity index is 1.94. The van der Waals surface area contributed by atoms with Crippen LogP contribution < -0.4 is 9.47 Å². The van der Waals surface area contributed by atoms with Crippen molar-refractivity contribution in [1.82, 2.24) is 4.90 Å². The van der Waals surface area contributed by atoms with E-state index in [0.717, 1.165) is 21.5 Å². The third-order valence-corrected chi connectivity index (χ3v) is 5.48. The summed E-state index contributed by atoms with van der Waals surface area (Å²) in [4.78, 5) is 19.7. The van der Waals surface area contributed by atoms with E-state index in [2.05, 4.69) is 20.9 Å². The van der Waals surface area contributed by atoms with Crippen molar-refractivity contribution >= 4 is 50.5 Å². The normalized spacial score (nSPS) is 17.0. The zero-order valence-corrected chi connectivity index (χ0v) is 17.6. The minimum absolute atomic E-state index is 0.0585. The van der Waals surface area contributed by atoms with Gasteiger partial charge < -0.3 is 9.47 Å². The average Bonchev–Trinajstić information content (AvgIpc) is 2.97. The molecule has 0 bridgehead atoms. The zero-order valence-electron chi connectivity index (χ0n) is 15.2. The number of hydrogen-bond acceptors (Lipinski definition) is 5. The van der Waals surface area contributed by atoms with Gasteiger partial charge in [0.1, 0.15) is 11.5 Å². The first-order valence-electron chi connectivity index (χ1n) is 8.33. The minimum atomic E-state index is -0.0585. The summed E-state index contributed by atoms with van der Waals surface area (Å²) in [5, 5.41) is 0.660. The lowest BCUT2D eigenvalue weighted by Gasteiger charge is -2.12. The molecule has 0 radical (unpaired) electrons. The van der Waals surface area contributed by atoms with Crippen molar-refractivity contribution in [2.45, 2.75) is 6.92 Å². The minimum Gasteiger partial charge on any atom is -0.497 e. The summed E-state index contributed by atoms with van der Waals surface area (Å²) < 4.78 is 11.5. The quantitative estimate of drug-likeness (QED) is 0.600. The van der Waals surface area contributed by atoms with Gasteiger partial charge in [-0.05, 0) is 67.2 Å². The van der Waals surface area contributed by atoms with Gasteiger partial charge in [0.15, 0.2) is 5.17 Å². The molecule has 0 aliphatic carbocycles. The highest BCUT2D eigenvalue weighted by Crippen LogP contribution is 2.36. The lowest BCUT2D eigenvalue weighted by atomic mass is 10.2. The highest BCUT2D eigenvalue weighted by atomic mass is 79.9. The van der Waals surface area contributed by atoms with Crippen molar-refractivity contribution in [2.75, 3.05) is 20.8 Å². The van der Waals surface area contributed by atoms with Gasteiger partial charge in [-0.1, -0.05) is 15.9 Å². The molecule has 3 rings (SSSR count). The van der Waals surface area contributed by atoms with Crippen LogP contribution in [0.3, 0.4) is 0 Å². The topological polar surface area (TPSA) is 51.1 Å². The number of halogens is 1. The number of ether oxygens (including phenoxy) is 2. The summed E-state index contributed by atoms with van der Waals surface area (Å²) in [5.74, 6) is 1.42. The van der Waals surface area contributed by atoms with Crippen LogP contribution in [0.2, 0.25) is 0 Å². The van der Waals surface area contributed by atoms with Crippen molar-refractivity contribution in [3.8, 4) is 11.5 Å². The Morgan fingerprint density at radius 3 is 2.52 bits per heavy atom. The van der Waals surface area contributed by atoms with Crippen LogP contribution in [0.25, 0.3) is 6.08 Å². The first-order chi connectivity index (χ1) is 13.0. The second kappa shape index (κ2) is 8.63. The molecule has 0 aromatic heterocycles. The Bertz CT molecular complexity index is 910. The smallest absolute Gasteiger partial charge is 0.266 e. The number of benzene rings is 2. The molecular weight excluding hydrogens is 428 g/mol. The Kier molecular flexibility index (Phi) is 6.23. The second-order valence-corrected chi connectivity index (χ2v) is 7.56. The van der Waals surface area contributed by atoms with Crippen molar-refractivity contribution < 1.29 is 14.3 Å². The standard InChI is InChI=1S/C20H19BrN2O3S/c1-4-23-19(24)18(12-13-11-14(21)5-10-17(13)26-3)27-20(23)22-15-6-8-16(25-2)9-7-15/h5-12H,4H2,1-3H3. The van der Waals surface area contributed by atoms with Gasteiger partial charge in [0.05, 0.1) is 24.8 Å². The summed E-state index contributed by atoms with van der Waals surface area (Å²) in [6, 6.07) is 13.1. The first-order valence-corrected chi connectivity index (χ1v) is 9.94. The molecule has 2 aromatic carbocycles. The van der Waals surface area contributed by atoms with Crippen LogP contribution >= 0.6 is 27.7 Å². The number of amidine groups is 1. The molecule has 5 nitrogen and oxygen atoms in total. The highest BCUT2D eigenvalue weighted by Gasteiger charge is 2.32. The fourth-order valence-corrected chi connectivity index (χ4v) is 4.03. The highest BCUT2D eigenvalue weighted by molar-refractivity contribution is 9.10. The number of nitrogens with zero attached hydrogens (tertiary/aromatic N) is 2. The number of likely N-dealkylation sites (N-methyl/N-ethyl adjacent to an activating group) is 1. The molecule has 0 atom stereocenters. The fourth-order valence-electron chi connectivity index (χ4n) is 2.60. The van der Waals surface area contributed by atoms with Crippen molar-refractivity contribution in [2.24, 2.45) is 4.99 Å². The molecule has 1 saturated heterocycles. The van der Waals surface area contributed by atoms with E-state index in [1.165, 1.54) is 11.8 Å². The Morgan fingerprint density at radius 1 is 1.15 bits per heavy atom. The predicted octanol–water partition coefficient (Wildman–Crippen LogP) is 5.09. The molecule has 0 N–H and O–H groups in total. The van der Waals surface area contributed by atoms with E-state index in [9.17, 15) is 4.79 Å². The van der Waals surface area contributed by atoms with Crippen LogP contribution in [0, 0.1) is 0 Å². The van der Waals surface area contributed by atoms with E-state index in [4.69, 9.17) is 9.47 Å². The number of rotatable bonds is 5. The molecule has 1 heterocycles. The van der Waals surface area contributed by atoms with Crippen LogP contribution in [-0.4, -0.2) is 36.7 Å². The number of carbonyl (C=O) groups excluding carboxylic acids is 1. The maximum atomic E-state index is 12.8. The molecule has 1 fully saturated rings. The zero-order chi connectivity index (χ0) is 19.4. The van der Waals surface area contributed by atoms with Gasteiger partial charge in [-0.25, -0.2) is 4.99 Å². The number of thioether (sulfide) groups is 1. The molecule has 1 amide bonds. The maximum absolute atomic E-state index is 12.8. The predicted molar refractivity (Wildman–Crippen MR) is 114 cm³/mol. The van der Waals surface area contributed by atoms with E-state index in [0.29, 0.717) is 22.4 Å². The van der Waals surface area contributed by atoms with Crippen LogP contribution in [-0.2, 0) is 4.79 Å². The summed E-state index contributed by atoms with van der Waals surface area (Å²) in [7, 11) is 3.24. The van der Waals surface area contributed by atoms with E-state index in [-0.39, 0.29) is 5.91 Å². The third-order valence-electron chi connectivity index (χ3n) is 3.98. The van der Waals surface area contributed by atoms with Gasteiger partial charge >= 0.3 is 0 Å². The van der Waals surface area contributed by atoms with Gasteiger partial charge in [0.2, 0.25) is 0 Å². The van der Waals surface area contributed by atoms with E-state index in [1.54, 1.807) is 19.1 Å². The molecule has 7 heteroatoms. The fraction of sp³-hybridized carbons (Fsp3) is 0.200. The van der Waals surface area contributed by atoms with Crippen molar-refractivity contribution in [1.29, 1.82) is 0 Å². The summed E-state index contributed by atoms with van der Waals surface area (Å²) in [6.45, 7) is 2.48. The molecule has 1 aliphatic heterocycles. The molecule has 1 aliphatic rings. The van der Waals surface area contributed by atoms with Gasteiger partial charge in [-0.2, -0.15) is 0 Å². The Hall–Kier alpha value is -2.25. The van der Waals surface area contributed by atoms with Crippen molar-refractivity contribution in [3.05, 3.63) is 57.4 Å². The summed E-state index contributed by atoms with van der Waals surface area (Å²) in [5.41, 5.74) is 1.61. The number of methoxy groups -OCH3 is 2. The Morgan fingerprint density at radius 2 is 1.89 bits per heavy atom. The number of carbonyl (C=O) groups is 1. The van der Waals surface area contributed by atoms with Crippen molar-refractivity contribution in [3.63, 3.8) is 0 Å². The lowest BCUT2D eigenvalue weighted by molar-refractivity contribution is -0.122. The van der Waals surface area contributed by atoms with E-state index in [1.807, 2.05) is 55.5 Å². The summed E-state index contributed by atoms with van der Waals surface area (Å²) in [6.07, 6.45) is 1.84. The molecule has 0 spiro atoms. The number of hydrogen-bond donors (Lipinski definition) is 0. The van der Waals surface area contributed by atoms with E-state index < -0.39 is 0 Å². The molecule has 0 saturated carbocycles. The molecule has 2 aromatic rings. The number of aliphatic imine (C=N–C) groups is 1. The largest absolute Gasteiger partial charge is 0.497 e. The van der Waals surface area contributed by atoms with Crippen LogP contribution in [0.4, 0.5) is 5.69 Å². The molecule has 140 valence electrons. The van der Waals surface area contributed by atoms with Crippen LogP contribution in [0.5, 0.6) is 11.5 Å². The SMILES string of the molecule is CCN1C(=O)C(=Cc2cc(Br)ccc2OC)SC1=Nc1ccc(OC)cc1.